The molecule has 0 amide bonds. The number of nitrogens with two attached hydrogens (primary N) is 1. The number of carbonyl (C=O) groups is 3. The average molecular weight is 274 g/mol. The summed E-state index contributed by atoms with van der Waals surface area (Å²) in [7, 11) is 0. The second-order valence-corrected chi connectivity index (χ2v) is 4.49. The Morgan fingerprint density at radius 2 is 1.79 bits per heavy atom. The van der Waals surface area contributed by atoms with Crippen molar-refractivity contribution in [1.82, 2.24) is 5.32 Å². The zero-order chi connectivity index (χ0) is 14.8. The fourth-order valence-corrected chi connectivity index (χ4v) is 1.62. The fraction of sp³-hybridized carbons (Fsp3) is 0.750. The molecule has 1 unspecified atom stereocenters. The van der Waals surface area contributed by atoms with E-state index in [-0.39, 0.29) is 0 Å². The van der Waals surface area contributed by atoms with Gasteiger partial charge in [0.15, 0.2) is 0 Å². The predicted octanol–water partition coefficient (Wildman–Crippen LogP) is -0.162. The Bertz CT molecular complexity index is 319. The van der Waals surface area contributed by atoms with Gasteiger partial charge in [0.05, 0.1) is 0 Å². The molecule has 0 aliphatic carbocycles. The zero-order valence-electron chi connectivity index (χ0n) is 11.1. The van der Waals surface area contributed by atoms with Crippen LogP contribution in [0.25, 0.3) is 0 Å². The summed E-state index contributed by atoms with van der Waals surface area (Å²) < 4.78 is 0. The first kappa shape index (κ1) is 17.5. The summed E-state index contributed by atoms with van der Waals surface area (Å²) in [4.78, 5) is 32.5. The number of ketones is 1. The number of hydrogen-bond acceptors (Lipinski definition) is 5. The molecule has 0 aromatic carbocycles. The van der Waals surface area contributed by atoms with E-state index in [4.69, 9.17) is 15.9 Å². The number of Topliss-reactive ketones (excluding diaryl/α,β-unsaturated/α-hetero) is 1. The molecule has 0 heterocycles. The molecule has 0 bridgehead atoms. The van der Waals surface area contributed by atoms with Gasteiger partial charge < -0.3 is 21.3 Å². The van der Waals surface area contributed by atoms with Gasteiger partial charge in [-0.15, -0.1) is 0 Å². The average Bonchev–Trinajstić information content (AvgIpc) is 2.35. The number of nitrogens with one attached hydrogen (secondary N) is 1. The van der Waals surface area contributed by atoms with Crippen LogP contribution in [0, 0.1) is 5.92 Å². The highest BCUT2D eigenvalue weighted by molar-refractivity contribution is 6.33. The van der Waals surface area contributed by atoms with Crippen molar-refractivity contribution in [1.29, 1.82) is 0 Å². The molecule has 5 N–H and O–H groups in total. The van der Waals surface area contributed by atoms with Crippen molar-refractivity contribution in [3.63, 3.8) is 0 Å². The van der Waals surface area contributed by atoms with Crippen LogP contribution in [0.2, 0.25) is 0 Å². The van der Waals surface area contributed by atoms with Gasteiger partial charge in [0.25, 0.3) is 0 Å². The Morgan fingerprint density at radius 1 is 1.16 bits per heavy atom. The van der Waals surface area contributed by atoms with Gasteiger partial charge in [0.2, 0.25) is 5.78 Å². The van der Waals surface area contributed by atoms with Crippen LogP contribution < -0.4 is 11.1 Å². The minimum atomic E-state index is -1.45. The van der Waals surface area contributed by atoms with Crippen LogP contribution in [0.15, 0.2) is 0 Å². The van der Waals surface area contributed by atoms with E-state index in [0.29, 0.717) is 32.4 Å². The highest BCUT2D eigenvalue weighted by Crippen LogP contribution is 2.05. The smallest absolute Gasteiger partial charge is 0.372 e. The number of rotatable bonds is 11. The molecule has 0 saturated carbocycles. The lowest BCUT2D eigenvalue weighted by atomic mass is 10.0. The molecule has 0 rings (SSSR count). The molecule has 19 heavy (non-hydrogen) atoms. The van der Waals surface area contributed by atoms with E-state index in [2.05, 4.69) is 5.32 Å². The molecule has 7 nitrogen and oxygen atoms in total. The Morgan fingerprint density at radius 3 is 2.26 bits per heavy atom. The first-order valence-electron chi connectivity index (χ1n) is 6.33. The van der Waals surface area contributed by atoms with Crippen LogP contribution in [0.5, 0.6) is 0 Å². The maximum atomic E-state index is 11.1. The van der Waals surface area contributed by atoms with Gasteiger partial charge in [0, 0.05) is 5.92 Å². The quantitative estimate of drug-likeness (QED) is 0.304. The molecule has 0 spiro atoms. The summed E-state index contributed by atoms with van der Waals surface area (Å²) in [5.41, 5.74) is 5.33. The van der Waals surface area contributed by atoms with Crippen molar-refractivity contribution in [2.45, 2.75) is 38.6 Å². The summed E-state index contributed by atoms with van der Waals surface area (Å²) in [6, 6.07) is -0.682. The molecule has 7 heteroatoms. The lowest BCUT2D eigenvalue weighted by molar-refractivity contribution is -0.150. The van der Waals surface area contributed by atoms with E-state index in [1.807, 2.05) is 0 Å². The number of aliphatic carboxylic acids is 2. The van der Waals surface area contributed by atoms with E-state index < -0.39 is 29.7 Å². The monoisotopic (exact) mass is 274 g/mol. The number of hydrogen-bond donors (Lipinski definition) is 4. The summed E-state index contributed by atoms with van der Waals surface area (Å²) in [6.07, 6.45) is 2.24. The summed E-state index contributed by atoms with van der Waals surface area (Å²) in [5, 5.41) is 20.3. The molecule has 0 aromatic heterocycles. The third kappa shape index (κ3) is 7.53. The Kier molecular flexibility index (Phi) is 8.73. The molecule has 0 aromatic rings. The molecule has 0 fully saturated rings. The van der Waals surface area contributed by atoms with Crippen molar-refractivity contribution >= 4 is 17.7 Å². The lowest BCUT2D eigenvalue weighted by Gasteiger charge is -2.15. The van der Waals surface area contributed by atoms with Gasteiger partial charge in [-0.3, -0.25) is 9.59 Å². The molecular formula is C12H22N2O5. The highest BCUT2D eigenvalue weighted by atomic mass is 16.4. The van der Waals surface area contributed by atoms with E-state index in [9.17, 15) is 14.4 Å². The SMILES string of the molecule is CC(CCN[C@@H](CCCCN)C(=O)O)C(=O)C(=O)O. The van der Waals surface area contributed by atoms with Crippen molar-refractivity contribution in [3.8, 4) is 0 Å². The molecule has 110 valence electrons. The van der Waals surface area contributed by atoms with Crippen LogP contribution >= 0.6 is 0 Å². The lowest BCUT2D eigenvalue weighted by Crippen LogP contribution is -2.38. The fourth-order valence-electron chi connectivity index (χ4n) is 1.62. The highest BCUT2D eigenvalue weighted by Gasteiger charge is 2.21. The third-order valence-electron chi connectivity index (χ3n) is 2.87. The predicted molar refractivity (Wildman–Crippen MR) is 68.8 cm³/mol. The van der Waals surface area contributed by atoms with Crippen LogP contribution in [-0.2, 0) is 14.4 Å². The van der Waals surface area contributed by atoms with Crippen molar-refractivity contribution in [2.24, 2.45) is 11.7 Å². The summed E-state index contributed by atoms with van der Waals surface area (Å²) in [5.74, 6) is -3.88. The van der Waals surface area contributed by atoms with Gasteiger partial charge in [-0.05, 0) is 32.4 Å². The van der Waals surface area contributed by atoms with Gasteiger partial charge >= 0.3 is 11.9 Å². The van der Waals surface area contributed by atoms with Gasteiger partial charge in [-0.25, -0.2) is 4.79 Å². The first-order valence-corrected chi connectivity index (χ1v) is 6.33. The van der Waals surface area contributed by atoms with Crippen molar-refractivity contribution in [2.75, 3.05) is 13.1 Å². The molecule has 0 aliphatic heterocycles. The van der Waals surface area contributed by atoms with Crippen molar-refractivity contribution in [3.05, 3.63) is 0 Å². The number of carboxylic acid groups (broad SMARTS) is 2. The minimum Gasteiger partial charge on any atom is -0.480 e. The summed E-state index contributed by atoms with van der Waals surface area (Å²) >= 11 is 0. The normalized spacial score (nSPS) is 13.8. The minimum absolute atomic E-state index is 0.291. The third-order valence-corrected chi connectivity index (χ3v) is 2.87. The van der Waals surface area contributed by atoms with E-state index in [1.165, 1.54) is 6.92 Å². The molecule has 2 atom stereocenters. The van der Waals surface area contributed by atoms with Crippen LogP contribution in [0.1, 0.15) is 32.6 Å². The molecule has 0 radical (unpaired) electrons. The maximum Gasteiger partial charge on any atom is 0.372 e. The Balaban J connectivity index is 4.02. The molecular weight excluding hydrogens is 252 g/mol. The number of carbonyl (C=O) groups excluding carboxylic acids is 1. The van der Waals surface area contributed by atoms with Crippen LogP contribution in [0.3, 0.4) is 0 Å². The number of unbranched alkanes of at least 4 members (excludes halogenated alkanes) is 1. The van der Waals surface area contributed by atoms with Gasteiger partial charge in [0.1, 0.15) is 6.04 Å². The van der Waals surface area contributed by atoms with E-state index in [0.717, 1.165) is 6.42 Å². The second-order valence-electron chi connectivity index (χ2n) is 4.49. The maximum absolute atomic E-state index is 11.1. The summed E-state index contributed by atoms with van der Waals surface area (Å²) in [6.45, 7) is 2.33. The number of carboxylic acids is 2. The Labute approximate surface area is 112 Å². The van der Waals surface area contributed by atoms with E-state index in [1.54, 1.807) is 0 Å². The van der Waals surface area contributed by atoms with Crippen LogP contribution in [-0.4, -0.2) is 47.1 Å². The van der Waals surface area contributed by atoms with E-state index >= 15 is 0 Å². The van der Waals surface area contributed by atoms with Gasteiger partial charge in [-0.2, -0.15) is 0 Å². The van der Waals surface area contributed by atoms with Crippen molar-refractivity contribution < 1.29 is 24.6 Å². The Hall–Kier alpha value is -1.47. The van der Waals surface area contributed by atoms with Crippen LogP contribution in [0.4, 0.5) is 0 Å². The molecule has 0 aliphatic rings. The first-order chi connectivity index (χ1) is 8.90. The second kappa shape index (κ2) is 9.46. The topological polar surface area (TPSA) is 130 Å². The molecule has 0 saturated heterocycles. The largest absolute Gasteiger partial charge is 0.480 e. The van der Waals surface area contributed by atoms with Gasteiger partial charge in [-0.1, -0.05) is 13.3 Å². The standard InChI is InChI=1S/C12H22N2O5/c1-8(10(15)12(18)19)5-7-14-9(11(16)17)4-2-3-6-13/h8-9,14H,2-7,13H2,1H3,(H,16,17)(H,18,19)/t8?,9-/m0/s1. The zero-order valence-corrected chi connectivity index (χ0v) is 11.1.